The van der Waals surface area contributed by atoms with Crippen LogP contribution in [0, 0.1) is 0 Å². The number of methoxy groups -OCH3 is 1. The lowest BCUT2D eigenvalue weighted by atomic mass is 9.77. The molecule has 1 saturated carbocycles. The van der Waals surface area contributed by atoms with Gasteiger partial charge < -0.3 is 19.7 Å². The summed E-state index contributed by atoms with van der Waals surface area (Å²) in [6.07, 6.45) is 4.60. The van der Waals surface area contributed by atoms with Crippen LogP contribution in [0.3, 0.4) is 0 Å². The van der Waals surface area contributed by atoms with Crippen LogP contribution in [-0.2, 0) is 10.3 Å². The van der Waals surface area contributed by atoms with Crippen LogP contribution in [0.4, 0.5) is 0 Å². The lowest BCUT2D eigenvalue weighted by Gasteiger charge is -2.34. The van der Waals surface area contributed by atoms with Crippen molar-refractivity contribution in [2.75, 3.05) is 20.3 Å². The molecule has 8 nitrogen and oxygen atoms in total. The van der Waals surface area contributed by atoms with Gasteiger partial charge in [-0.3, -0.25) is 0 Å². The van der Waals surface area contributed by atoms with Crippen molar-refractivity contribution in [1.82, 2.24) is 19.9 Å². The maximum atomic E-state index is 6.29. The van der Waals surface area contributed by atoms with Crippen LogP contribution < -0.4 is 10.5 Å². The molecule has 1 aliphatic carbocycles. The fourth-order valence-electron chi connectivity index (χ4n) is 2.86. The van der Waals surface area contributed by atoms with E-state index in [0.29, 0.717) is 36.4 Å². The summed E-state index contributed by atoms with van der Waals surface area (Å²) in [5.74, 6) is 1.38. The summed E-state index contributed by atoms with van der Waals surface area (Å²) in [6.45, 7) is 0.864. The first-order chi connectivity index (χ1) is 12.7. The van der Waals surface area contributed by atoms with E-state index in [9.17, 15) is 0 Å². The van der Waals surface area contributed by atoms with Gasteiger partial charge in [0.05, 0.1) is 24.0 Å². The molecule has 3 aromatic rings. The van der Waals surface area contributed by atoms with Crippen LogP contribution >= 0.6 is 12.4 Å². The third-order valence-corrected chi connectivity index (χ3v) is 4.57. The van der Waals surface area contributed by atoms with Crippen molar-refractivity contribution in [3.63, 3.8) is 0 Å². The Morgan fingerprint density at radius 3 is 2.67 bits per heavy atom. The molecule has 0 spiro atoms. The van der Waals surface area contributed by atoms with Crippen LogP contribution in [0.5, 0.6) is 5.75 Å². The Labute approximate surface area is 163 Å². The van der Waals surface area contributed by atoms with Gasteiger partial charge in [0.1, 0.15) is 6.61 Å². The molecule has 0 atom stereocenters. The van der Waals surface area contributed by atoms with E-state index >= 15 is 0 Å². The molecule has 0 radical (unpaired) electrons. The molecule has 144 valence electrons. The van der Waals surface area contributed by atoms with Gasteiger partial charge in [0, 0.05) is 7.11 Å². The number of nitrogens with two attached hydrogens (primary N) is 1. The van der Waals surface area contributed by atoms with Gasteiger partial charge in [-0.1, -0.05) is 23.4 Å². The summed E-state index contributed by atoms with van der Waals surface area (Å²) < 4.78 is 18.0. The van der Waals surface area contributed by atoms with E-state index in [2.05, 4.69) is 15.2 Å². The highest BCUT2D eigenvalue weighted by Gasteiger charge is 2.39. The molecule has 0 saturated heterocycles. The Hall–Kier alpha value is -2.42. The van der Waals surface area contributed by atoms with Crippen molar-refractivity contribution in [2.24, 2.45) is 5.73 Å². The van der Waals surface area contributed by atoms with E-state index in [0.717, 1.165) is 24.9 Å². The van der Waals surface area contributed by atoms with Crippen LogP contribution in [0.2, 0.25) is 0 Å². The lowest BCUT2D eigenvalue weighted by molar-refractivity contribution is 0.146. The summed E-state index contributed by atoms with van der Waals surface area (Å²) >= 11 is 0. The molecule has 2 aromatic heterocycles. The molecule has 2 N–H and O–H groups in total. The standard InChI is InChI=1S/C18H21N5O3.ClH/c1-24-10-11-25-14-12-23(13-6-3-2-4-7-13)21-15(14)16-20-17(22-26-16)18(19)8-5-9-18;/h2-4,6-7,12H,5,8-11,19H2,1H3;1H. The molecule has 0 aliphatic heterocycles. The van der Waals surface area contributed by atoms with E-state index < -0.39 is 5.54 Å². The van der Waals surface area contributed by atoms with E-state index in [1.807, 2.05) is 30.3 Å². The number of benzene rings is 1. The minimum atomic E-state index is -0.485. The predicted molar refractivity (Wildman–Crippen MR) is 101 cm³/mol. The first kappa shape index (κ1) is 19.3. The van der Waals surface area contributed by atoms with Gasteiger partial charge in [-0.15, -0.1) is 12.4 Å². The summed E-state index contributed by atoms with van der Waals surface area (Å²) in [6, 6.07) is 9.76. The lowest BCUT2D eigenvalue weighted by Crippen LogP contribution is -2.44. The van der Waals surface area contributed by atoms with Crippen LogP contribution in [0.1, 0.15) is 25.1 Å². The summed E-state index contributed by atoms with van der Waals surface area (Å²) in [7, 11) is 1.63. The maximum absolute atomic E-state index is 6.29. The summed E-state index contributed by atoms with van der Waals surface area (Å²) in [5, 5.41) is 8.65. The number of nitrogens with zero attached hydrogens (tertiary/aromatic N) is 4. The van der Waals surface area contributed by atoms with Gasteiger partial charge >= 0.3 is 0 Å². The molecule has 1 fully saturated rings. The van der Waals surface area contributed by atoms with Crippen molar-refractivity contribution in [3.05, 3.63) is 42.4 Å². The van der Waals surface area contributed by atoms with Gasteiger partial charge in [0.15, 0.2) is 17.3 Å². The highest BCUT2D eigenvalue weighted by atomic mass is 35.5. The predicted octanol–water partition coefficient (Wildman–Crippen LogP) is 2.71. The number of hydrogen-bond acceptors (Lipinski definition) is 7. The smallest absolute Gasteiger partial charge is 0.282 e. The van der Waals surface area contributed by atoms with E-state index in [4.69, 9.17) is 19.7 Å². The number of ether oxygens (including phenoxy) is 2. The van der Waals surface area contributed by atoms with Crippen LogP contribution in [-0.4, -0.2) is 40.2 Å². The van der Waals surface area contributed by atoms with E-state index in [1.54, 1.807) is 18.0 Å². The van der Waals surface area contributed by atoms with Crippen molar-refractivity contribution < 1.29 is 14.0 Å². The number of rotatable bonds is 7. The zero-order valence-corrected chi connectivity index (χ0v) is 15.8. The van der Waals surface area contributed by atoms with Gasteiger partial charge in [-0.25, -0.2) is 4.68 Å². The van der Waals surface area contributed by atoms with Gasteiger partial charge in [0.25, 0.3) is 5.89 Å². The van der Waals surface area contributed by atoms with Gasteiger partial charge in [-0.2, -0.15) is 10.1 Å². The molecule has 0 unspecified atom stereocenters. The van der Waals surface area contributed by atoms with Crippen molar-refractivity contribution in [3.8, 4) is 23.0 Å². The van der Waals surface area contributed by atoms with Crippen LogP contribution in [0.15, 0.2) is 41.1 Å². The Morgan fingerprint density at radius 1 is 1.22 bits per heavy atom. The Morgan fingerprint density at radius 2 is 2.00 bits per heavy atom. The fraction of sp³-hybridized carbons (Fsp3) is 0.389. The monoisotopic (exact) mass is 391 g/mol. The van der Waals surface area contributed by atoms with Crippen LogP contribution in [0.25, 0.3) is 17.3 Å². The maximum Gasteiger partial charge on any atom is 0.282 e. The summed E-state index contributed by atoms with van der Waals surface area (Å²) in [4.78, 5) is 4.48. The average Bonchev–Trinajstić information content (AvgIpc) is 3.28. The van der Waals surface area contributed by atoms with E-state index in [-0.39, 0.29) is 12.4 Å². The average molecular weight is 392 g/mol. The molecule has 1 aromatic carbocycles. The molecule has 9 heteroatoms. The topological polar surface area (TPSA) is 101 Å². The Bertz CT molecular complexity index is 876. The molecular formula is C18H22ClN5O3. The zero-order valence-electron chi connectivity index (χ0n) is 15.0. The second kappa shape index (κ2) is 8.08. The SMILES string of the molecule is COCCOc1cn(-c2ccccc2)nc1-c1nc(C2(N)CCC2)no1.Cl. The van der Waals surface area contributed by atoms with Crippen molar-refractivity contribution >= 4 is 12.4 Å². The number of hydrogen-bond donors (Lipinski definition) is 1. The third-order valence-electron chi connectivity index (χ3n) is 4.57. The number of aromatic nitrogens is 4. The molecule has 2 heterocycles. The third kappa shape index (κ3) is 3.83. The van der Waals surface area contributed by atoms with Crippen molar-refractivity contribution in [1.29, 1.82) is 0 Å². The van der Waals surface area contributed by atoms with E-state index in [1.165, 1.54) is 0 Å². The number of halogens is 1. The first-order valence-electron chi connectivity index (χ1n) is 8.60. The normalized spacial score (nSPS) is 15.0. The summed E-state index contributed by atoms with van der Waals surface area (Å²) in [5.41, 5.74) is 7.20. The minimum Gasteiger partial charge on any atom is -0.487 e. The van der Waals surface area contributed by atoms with Crippen molar-refractivity contribution in [2.45, 2.75) is 24.8 Å². The Balaban J connectivity index is 0.00000210. The van der Waals surface area contributed by atoms with Gasteiger partial charge in [-0.05, 0) is 31.4 Å². The second-order valence-corrected chi connectivity index (χ2v) is 6.40. The largest absolute Gasteiger partial charge is 0.487 e. The highest BCUT2D eigenvalue weighted by Crippen LogP contribution is 2.38. The second-order valence-electron chi connectivity index (χ2n) is 6.40. The zero-order chi connectivity index (χ0) is 18.0. The molecule has 27 heavy (non-hydrogen) atoms. The number of para-hydroxylation sites is 1. The highest BCUT2D eigenvalue weighted by molar-refractivity contribution is 5.85. The first-order valence-corrected chi connectivity index (χ1v) is 8.60. The molecule has 0 bridgehead atoms. The molecule has 0 amide bonds. The molecule has 1 aliphatic rings. The minimum absolute atomic E-state index is 0. The molecule has 4 rings (SSSR count). The molecular weight excluding hydrogens is 370 g/mol. The van der Waals surface area contributed by atoms with Gasteiger partial charge in [0.2, 0.25) is 0 Å². The quantitative estimate of drug-likeness (QED) is 0.618. The fourth-order valence-corrected chi connectivity index (χ4v) is 2.86. The Kier molecular flexibility index (Phi) is 5.79.